The molecule has 1 heterocycles. The lowest BCUT2D eigenvalue weighted by atomic mass is 10.2. The van der Waals surface area contributed by atoms with Gasteiger partial charge in [0.1, 0.15) is 0 Å². The van der Waals surface area contributed by atoms with Gasteiger partial charge in [0.2, 0.25) is 5.91 Å². The summed E-state index contributed by atoms with van der Waals surface area (Å²) in [6.07, 6.45) is 1.03. The largest absolute Gasteiger partial charge is 0.380 e. The van der Waals surface area contributed by atoms with E-state index in [9.17, 15) is 4.79 Å². The number of methoxy groups -OCH3 is 1. The number of nitrogens with zero attached hydrogens (tertiary/aromatic N) is 1. The molecule has 76 valence electrons. The molecule has 1 aliphatic rings. The van der Waals surface area contributed by atoms with Crippen molar-refractivity contribution >= 4 is 5.91 Å². The molecule has 4 nitrogen and oxygen atoms in total. The number of rotatable bonds is 4. The van der Waals surface area contributed by atoms with Gasteiger partial charge in [-0.2, -0.15) is 0 Å². The van der Waals surface area contributed by atoms with Gasteiger partial charge in [-0.3, -0.25) is 4.79 Å². The van der Waals surface area contributed by atoms with E-state index in [1.165, 1.54) is 0 Å². The maximum absolute atomic E-state index is 11.6. The minimum atomic E-state index is 0.0176. The third-order valence-corrected chi connectivity index (χ3v) is 2.53. The predicted molar refractivity (Wildman–Crippen MR) is 50.5 cm³/mol. The Morgan fingerprint density at radius 2 is 2.46 bits per heavy atom. The maximum Gasteiger partial charge on any atom is 0.239 e. The van der Waals surface area contributed by atoms with Gasteiger partial charge in [-0.25, -0.2) is 0 Å². The number of nitrogens with one attached hydrogen (secondary N) is 1. The fourth-order valence-electron chi connectivity index (χ4n) is 1.57. The van der Waals surface area contributed by atoms with Crippen LogP contribution in [0.25, 0.3) is 0 Å². The minimum Gasteiger partial charge on any atom is -0.380 e. The number of likely N-dealkylation sites (N-methyl/N-ethyl adjacent to an activating group) is 1. The second-order valence-corrected chi connectivity index (χ2v) is 3.46. The fraction of sp³-hybridized carbons (Fsp3) is 0.889. The summed E-state index contributed by atoms with van der Waals surface area (Å²) in [5, 5.41) is 3.00. The Bertz CT molecular complexity index is 184. The number of carbonyl (C=O) groups is 1. The number of carbonyl (C=O) groups excluding carboxylic acids is 1. The standard InChI is InChI=1S/C9H18N2O2/c1-7(13-3)6-11-5-4-8(10-2)9(11)12/h7-8,10H,4-6H2,1-3H3. The molecular weight excluding hydrogens is 168 g/mol. The fourth-order valence-corrected chi connectivity index (χ4v) is 1.57. The van der Waals surface area contributed by atoms with E-state index in [0.29, 0.717) is 6.54 Å². The normalized spacial score (nSPS) is 25.3. The van der Waals surface area contributed by atoms with Crippen molar-refractivity contribution in [3.63, 3.8) is 0 Å². The summed E-state index contributed by atoms with van der Waals surface area (Å²) < 4.78 is 5.12. The average molecular weight is 186 g/mol. The molecule has 4 heteroatoms. The smallest absolute Gasteiger partial charge is 0.239 e. The minimum absolute atomic E-state index is 0.0176. The number of hydrogen-bond donors (Lipinski definition) is 1. The van der Waals surface area contributed by atoms with Crippen molar-refractivity contribution in [2.75, 3.05) is 27.2 Å². The van der Waals surface area contributed by atoms with Crippen molar-refractivity contribution in [3.8, 4) is 0 Å². The van der Waals surface area contributed by atoms with Crippen molar-refractivity contribution in [2.24, 2.45) is 0 Å². The molecule has 0 radical (unpaired) electrons. The summed E-state index contributed by atoms with van der Waals surface area (Å²) in [7, 11) is 3.49. The van der Waals surface area contributed by atoms with Crippen LogP contribution in [0.3, 0.4) is 0 Å². The Kier molecular flexibility index (Phi) is 3.69. The van der Waals surface area contributed by atoms with Crippen LogP contribution in [-0.2, 0) is 9.53 Å². The van der Waals surface area contributed by atoms with Crippen molar-refractivity contribution < 1.29 is 9.53 Å². The third-order valence-electron chi connectivity index (χ3n) is 2.53. The van der Waals surface area contributed by atoms with E-state index in [1.807, 2.05) is 18.9 Å². The van der Waals surface area contributed by atoms with Crippen LogP contribution in [0, 0.1) is 0 Å². The first-order chi connectivity index (χ1) is 6.19. The zero-order valence-corrected chi connectivity index (χ0v) is 8.54. The van der Waals surface area contributed by atoms with Crippen LogP contribution in [0.15, 0.2) is 0 Å². The molecule has 1 rings (SSSR count). The molecule has 2 unspecified atom stereocenters. The topological polar surface area (TPSA) is 41.6 Å². The van der Waals surface area contributed by atoms with Crippen LogP contribution in [0.2, 0.25) is 0 Å². The highest BCUT2D eigenvalue weighted by Gasteiger charge is 2.30. The Hall–Kier alpha value is -0.610. The van der Waals surface area contributed by atoms with Gasteiger partial charge < -0.3 is 15.0 Å². The molecule has 1 amide bonds. The van der Waals surface area contributed by atoms with Crippen molar-refractivity contribution in [1.82, 2.24) is 10.2 Å². The van der Waals surface area contributed by atoms with E-state index in [1.54, 1.807) is 7.11 Å². The molecule has 0 spiro atoms. The zero-order valence-electron chi connectivity index (χ0n) is 8.54. The molecule has 1 saturated heterocycles. The van der Waals surface area contributed by atoms with Crippen LogP contribution in [0.1, 0.15) is 13.3 Å². The van der Waals surface area contributed by atoms with E-state index in [4.69, 9.17) is 4.74 Å². The Balaban J connectivity index is 2.41. The second-order valence-electron chi connectivity index (χ2n) is 3.46. The molecule has 1 fully saturated rings. The molecule has 0 saturated carbocycles. The van der Waals surface area contributed by atoms with Crippen LogP contribution in [0.5, 0.6) is 0 Å². The highest BCUT2D eigenvalue weighted by Crippen LogP contribution is 2.11. The quantitative estimate of drug-likeness (QED) is 0.663. The third kappa shape index (κ3) is 2.42. The monoisotopic (exact) mass is 186 g/mol. The van der Waals surface area contributed by atoms with Crippen LogP contribution in [-0.4, -0.2) is 50.2 Å². The molecule has 0 aromatic carbocycles. The van der Waals surface area contributed by atoms with Gasteiger partial charge in [0.05, 0.1) is 12.1 Å². The second kappa shape index (κ2) is 4.58. The molecule has 13 heavy (non-hydrogen) atoms. The first-order valence-corrected chi connectivity index (χ1v) is 4.68. The van der Waals surface area contributed by atoms with Gasteiger partial charge in [-0.05, 0) is 20.4 Å². The predicted octanol–water partition coefficient (Wildman–Crippen LogP) is -0.158. The summed E-state index contributed by atoms with van der Waals surface area (Å²) in [5.74, 6) is 0.200. The first kappa shape index (κ1) is 10.5. The van der Waals surface area contributed by atoms with Crippen molar-refractivity contribution in [2.45, 2.75) is 25.5 Å². The Labute approximate surface area is 79.2 Å². The van der Waals surface area contributed by atoms with Gasteiger partial charge in [0.25, 0.3) is 0 Å². The SMILES string of the molecule is CNC1CCN(CC(C)OC)C1=O. The highest BCUT2D eigenvalue weighted by atomic mass is 16.5. The van der Waals surface area contributed by atoms with Gasteiger partial charge in [0.15, 0.2) is 0 Å². The first-order valence-electron chi connectivity index (χ1n) is 4.68. The number of hydrogen-bond acceptors (Lipinski definition) is 3. The van der Waals surface area contributed by atoms with Gasteiger partial charge in [0, 0.05) is 20.2 Å². The van der Waals surface area contributed by atoms with Crippen LogP contribution < -0.4 is 5.32 Å². The van der Waals surface area contributed by atoms with E-state index < -0.39 is 0 Å². The zero-order chi connectivity index (χ0) is 9.84. The number of amides is 1. The van der Waals surface area contributed by atoms with E-state index in [0.717, 1.165) is 13.0 Å². The Morgan fingerprint density at radius 1 is 1.77 bits per heavy atom. The number of likely N-dealkylation sites (tertiary alicyclic amines) is 1. The van der Waals surface area contributed by atoms with Gasteiger partial charge >= 0.3 is 0 Å². The average Bonchev–Trinajstić information content (AvgIpc) is 2.48. The molecule has 0 aromatic rings. The molecule has 2 atom stereocenters. The molecule has 1 N–H and O–H groups in total. The lowest BCUT2D eigenvalue weighted by Gasteiger charge is -2.20. The summed E-state index contributed by atoms with van der Waals surface area (Å²) in [6, 6.07) is 0.0176. The molecule has 0 aromatic heterocycles. The lowest BCUT2D eigenvalue weighted by molar-refractivity contribution is -0.130. The summed E-state index contributed by atoms with van der Waals surface area (Å²) in [6.45, 7) is 3.52. The molecule has 0 aliphatic carbocycles. The highest BCUT2D eigenvalue weighted by molar-refractivity contribution is 5.83. The van der Waals surface area contributed by atoms with Crippen molar-refractivity contribution in [1.29, 1.82) is 0 Å². The summed E-state index contributed by atoms with van der Waals surface area (Å²) >= 11 is 0. The molecular formula is C9H18N2O2. The van der Waals surface area contributed by atoms with E-state index in [2.05, 4.69) is 5.32 Å². The van der Waals surface area contributed by atoms with Crippen molar-refractivity contribution in [3.05, 3.63) is 0 Å². The number of ether oxygens (including phenoxy) is 1. The van der Waals surface area contributed by atoms with Crippen LogP contribution in [0.4, 0.5) is 0 Å². The van der Waals surface area contributed by atoms with E-state index >= 15 is 0 Å². The lowest BCUT2D eigenvalue weighted by Crippen LogP contribution is -2.39. The van der Waals surface area contributed by atoms with E-state index in [-0.39, 0.29) is 18.1 Å². The summed E-state index contributed by atoms with van der Waals surface area (Å²) in [4.78, 5) is 13.5. The van der Waals surface area contributed by atoms with Gasteiger partial charge in [-0.15, -0.1) is 0 Å². The van der Waals surface area contributed by atoms with Gasteiger partial charge in [-0.1, -0.05) is 0 Å². The Morgan fingerprint density at radius 3 is 2.92 bits per heavy atom. The summed E-state index contributed by atoms with van der Waals surface area (Å²) in [5.41, 5.74) is 0. The molecule has 0 bridgehead atoms. The van der Waals surface area contributed by atoms with Crippen LogP contribution >= 0.6 is 0 Å². The molecule has 1 aliphatic heterocycles. The maximum atomic E-state index is 11.6.